The van der Waals surface area contributed by atoms with Crippen molar-refractivity contribution in [2.45, 2.75) is 135 Å². The molecule has 0 saturated carbocycles. The number of amides is 2. The van der Waals surface area contributed by atoms with Gasteiger partial charge in [-0.1, -0.05) is 76.3 Å². The minimum Gasteiger partial charge on any atom is -0.466 e. The van der Waals surface area contributed by atoms with Gasteiger partial charge < -0.3 is 34.3 Å². The second-order valence-electron chi connectivity index (χ2n) is 11.3. The lowest BCUT2D eigenvalue weighted by Gasteiger charge is -2.29. The highest BCUT2D eigenvalue weighted by molar-refractivity contribution is 6.30. The summed E-state index contributed by atoms with van der Waals surface area (Å²) < 4.78 is 30.0. The van der Waals surface area contributed by atoms with Crippen LogP contribution in [0.2, 0.25) is 5.02 Å². The molecule has 9 nitrogen and oxygen atoms in total. The molecule has 41 heavy (non-hydrogen) atoms. The number of urea groups is 1. The largest absolute Gasteiger partial charge is 0.466 e. The van der Waals surface area contributed by atoms with Gasteiger partial charge in [-0.05, 0) is 51.5 Å². The number of fused-ring (bicyclic) bond motifs is 1. The van der Waals surface area contributed by atoms with Crippen LogP contribution in [-0.2, 0) is 28.5 Å². The summed E-state index contributed by atoms with van der Waals surface area (Å²) in [6, 6.07) is 5.52. The molecule has 0 bridgehead atoms. The van der Waals surface area contributed by atoms with Crippen molar-refractivity contribution in [1.29, 1.82) is 0 Å². The summed E-state index contributed by atoms with van der Waals surface area (Å²) in [5.41, 5.74) is 0.561. The van der Waals surface area contributed by atoms with Crippen molar-refractivity contribution >= 4 is 29.3 Å². The molecular weight excluding hydrogens is 548 g/mol. The van der Waals surface area contributed by atoms with Crippen LogP contribution in [0.1, 0.15) is 98.3 Å². The fourth-order valence-electron chi connectivity index (χ4n) is 5.36. The number of anilines is 1. The van der Waals surface area contributed by atoms with E-state index in [0.717, 1.165) is 12.8 Å². The van der Waals surface area contributed by atoms with Crippen molar-refractivity contribution in [2.75, 3.05) is 18.5 Å². The van der Waals surface area contributed by atoms with Gasteiger partial charge in [0, 0.05) is 17.3 Å². The van der Waals surface area contributed by atoms with E-state index in [1.54, 1.807) is 31.2 Å². The summed E-state index contributed by atoms with van der Waals surface area (Å²) in [6.45, 7) is 8.42. The number of ether oxygens (including phenoxy) is 5. The molecule has 2 fully saturated rings. The molecule has 2 amide bonds. The van der Waals surface area contributed by atoms with Crippen molar-refractivity contribution in [3.05, 3.63) is 29.3 Å². The van der Waals surface area contributed by atoms with Crippen molar-refractivity contribution in [2.24, 2.45) is 0 Å². The maximum atomic E-state index is 12.9. The van der Waals surface area contributed by atoms with Crippen molar-refractivity contribution < 1.29 is 33.3 Å². The van der Waals surface area contributed by atoms with Crippen LogP contribution in [0.5, 0.6) is 0 Å². The molecule has 1 aromatic rings. The first kappa shape index (κ1) is 33.6. The molecule has 2 aliphatic heterocycles. The zero-order valence-corrected chi connectivity index (χ0v) is 25.9. The molecule has 10 heteroatoms. The summed E-state index contributed by atoms with van der Waals surface area (Å²) in [7, 11) is 0. The van der Waals surface area contributed by atoms with E-state index >= 15 is 0 Å². The Morgan fingerprint density at radius 3 is 2.17 bits per heavy atom. The van der Waals surface area contributed by atoms with E-state index in [0.29, 0.717) is 17.3 Å². The molecule has 0 spiro atoms. The van der Waals surface area contributed by atoms with Gasteiger partial charge in [0.1, 0.15) is 18.3 Å². The van der Waals surface area contributed by atoms with Crippen LogP contribution in [0.4, 0.5) is 10.5 Å². The first-order valence-corrected chi connectivity index (χ1v) is 15.7. The van der Waals surface area contributed by atoms with Crippen molar-refractivity contribution in [1.82, 2.24) is 5.32 Å². The minimum atomic E-state index is -0.851. The molecule has 0 aromatic heterocycles. The molecule has 0 radical (unpaired) electrons. The molecule has 2 aliphatic rings. The van der Waals surface area contributed by atoms with E-state index in [-0.39, 0.29) is 13.0 Å². The lowest BCUT2D eigenvalue weighted by Crippen LogP contribution is -2.51. The molecule has 1 aromatic carbocycles. The summed E-state index contributed by atoms with van der Waals surface area (Å²) in [4.78, 5) is 25.4. The van der Waals surface area contributed by atoms with E-state index in [2.05, 4.69) is 17.6 Å². The molecule has 232 valence electrons. The first-order chi connectivity index (χ1) is 19.7. The number of benzene rings is 1. The second kappa shape index (κ2) is 17.3. The Kier molecular flexibility index (Phi) is 14.1. The Morgan fingerprint density at radius 2 is 1.54 bits per heavy atom. The molecule has 2 saturated heterocycles. The van der Waals surface area contributed by atoms with Gasteiger partial charge >= 0.3 is 12.0 Å². The molecule has 5 atom stereocenters. The highest BCUT2D eigenvalue weighted by atomic mass is 35.5. The second-order valence-corrected chi connectivity index (χ2v) is 11.7. The summed E-state index contributed by atoms with van der Waals surface area (Å²) in [5.74, 6) is -1.30. The quantitative estimate of drug-likeness (QED) is 0.139. The zero-order valence-electron chi connectivity index (χ0n) is 25.1. The number of carbonyl (C=O) groups excluding carboxylic acids is 2. The fourth-order valence-corrected chi connectivity index (χ4v) is 5.48. The van der Waals surface area contributed by atoms with E-state index in [4.69, 9.17) is 35.3 Å². The van der Waals surface area contributed by atoms with E-state index in [9.17, 15) is 9.59 Å². The van der Waals surface area contributed by atoms with Gasteiger partial charge in [0.25, 0.3) is 0 Å². The number of hydrogen-bond donors (Lipinski definition) is 2. The van der Waals surface area contributed by atoms with Gasteiger partial charge in [-0.3, -0.25) is 4.79 Å². The lowest BCUT2D eigenvalue weighted by molar-refractivity contribution is -0.236. The average Bonchev–Trinajstić information content (AvgIpc) is 3.41. The maximum Gasteiger partial charge on any atom is 0.319 e. The Morgan fingerprint density at radius 1 is 0.927 bits per heavy atom. The average molecular weight is 597 g/mol. The van der Waals surface area contributed by atoms with Gasteiger partial charge in [0.05, 0.1) is 19.1 Å². The van der Waals surface area contributed by atoms with Crippen molar-refractivity contribution in [3.8, 4) is 0 Å². The monoisotopic (exact) mass is 596 g/mol. The predicted molar refractivity (Wildman–Crippen MR) is 159 cm³/mol. The maximum absolute atomic E-state index is 12.9. The third-order valence-electron chi connectivity index (χ3n) is 7.33. The van der Waals surface area contributed by atoms with Gasteiger partial charge in [-0.2, -0.15) is 0 Å². The van der Waals surface area contributed by atoms with Gasteiger partial charge in [0.2, 0.25) is 0 Å². The fraction of sp³-hybridized carbons (Fsp3) is 0.742. The van der Waals surface area contributed by atoms with Crippen LogP contribution < -0.4 is 10.6 Å². The van der Waals surface area contributed by atoms with Crippen molar-refractivity contribution in [3.63, 3.8) is 0 Å². The number of esters is 1. The highest BCUT2D eigenvalue weighted by Crippen LogP contribution is 2.40. The Hall–Kier alpha value is -1.91. The summed E-state index contributed by atoms with van der Waals surface area (Å²) in [6.07, 6.45) is 9.94. The number of unbranched alkanes of at least 4 members (excludes halogenated alkanes) is 9. The third kappa shape index (κ3) is 11.4. The molecule has 2 N–H and O–H groups in total. The van der Waals surface area contributed by atoms with E-state index in [1.165, 1.54) is 51.4 Å². The molecule has 0 aliphatic carbocycles. The minimum absolute atomic E-state index is 0.0925. The van der Waals surface area contributed by atoms with Crippen LogP contribution >= 0.6 is 11.6 Å². The zero-order chi connectivity index (χ0) is 29.7. The standard InChI is InChI=1S/C31H49ClN2O7/c1-5-7-8-9-10-11-12-13-14-15-20-38-29-28-27(40-31(3,4)41-28)26(39-29)24(21-25(35)37-6-2)34-30(36)33-23-18-16-22(32)17-19-23/h16-19,24,26-29H,5-15,20-21H2,1-4H3,(H2,33,34,36)/t24-,26+,27-,28-,29-/m0/s1. The topological polar surface area (TPSA) is 104 Å². The lowest BCUT2D eigenvalue weighted by atomic mass is 10.0. The van der Waals surface area contributed by atoms with Crippen LogP contribution in [0.25, 0.3) is 0 Å². The third-order valence-corrected chi connectivity index (χ3v) is 7.59. The smallest absolute Gasteiger partial charge is 0.319 e. The van der Waals surface area contributed by atoms with E-state index in [1.807, 2.05) is 13.8 Å². The highest BCUT2D eigenvalue weighted by Gasteiger charge is 2.58. The Labute approximate surface area is 250 Å². The molecule has 0 unspecified atom stereocenters. The first-order valence-electron chi connectivity index (χ1n) is 15.3. The van der Waals surface area contributed by atoms with Crippen LogP contribution in [0.3, 0.4) is 0 Å². The van der Waals surface area contributed by atoms with Gasteiger partial charge in [0.15, 0.2) is 12.1 Å². The summed E-state index contributed by atoms with van der Waals surface area (Å²) in [5, 5.41) is 6.22. The molecule has 2 heterocycles. The van der Waals surface area contributed by atoms with Crippen LogP contribution in [0.15, 0.2) is 24.3 Å². The Balaban J connectivity index is 1.55. The number of halogens is 1. The van der Waals surface area contributed by atoms with E-state index < -0.39 is 48.4 Å². The number of carbonyl (C=O) groups is 2. The number of nitrogens with one attached hydrogen (secondary N) is 2. The van der Waals surface area contributed by atoms with Gasteiger partial charge in [-0.15, -0.1) is 0 Å². The summed E-state index contributed by atoms with van der Waals surface area (Å²) >= 11 is 5.95. The van der Waals surface area contributed by atoms with Crippen LogP contribution in [0, 0.1) is 0 Å². The number of rotatable bonds is 18. The Bertz CT molecular complexity index is 930. The normalized spacial score (nSPS) is 23.6. The predicted octanol–water partition coefficient (Wildman–Crippen LogP) is 6.97. The van der Waals surface area contributed by atoms with Crippen LogP contribution in [-0.4, -0.2) is 61.6 Å². The molecule has 3 rings (SSSR count). The van der Waals surface area contributed by atoms with Gasteiger partial charge in [-0.25, -0.2) is 4.79 Å². The molecular formula is C31H49ClN2O7. The number of hydrogen-bond acceptors (Lipinski definition) is 7. The SMILES string of the molecule is CCCCCCCCCCCCO[C@H]1O[C@H]([C@H](CC(=O)OCC)NC(=O)Nc2ccc(Cl)cc2)[C@@H]2OC(C)(C)O[C@H]12.